The van der Waals surface area contributed by atoms with Gasteiger partial charge >= 0.3 is 0 Å². The predicted octanol–water partition coefficient (Wildman–Crippen LogP) is 2.96. The third-order valence-electron chi connectivity index (χ3n) is 4.03. The number of nitrogens with one attached hydrogen (secondary N) is 1. The summed E-state index contributed by atoms with van der Waals surface area (Å²) in [5, 5.41) is 13.3. The first kappa shape index (κ1) is 13.9. The molecule has 0 aliphatic heterocycles. The Morgan fingerprint density at radius 2 is 2.29 bits per heavy atom. The SMILES string of the molecule is COc1ncccc1CNC1CCCc2ccc(O)cc21. The number of methoxy groups -OCH3 is 1. The van der Waals surface area contributed by atoms with Gasteiger partial charge in [0.25, 0.3) is 0 Å². The van der Waals surface area contributed by atoms with Crippen molar-refractivity contribution in [3.8, 4) is 11.6 Å². The zero-order valence-electron chi connectivity index (χ0n) is 12.2. The summed E-state index contributed by atoms with van der Waals surface area (Å²) in [5.41, 5.74) is 3.59. The number of aromatic nitrogens is 1. The highest BCUT2D eigenvalue weighted by Crippen LogP contribution is 2.32. The molecular formula is C17H20N2O2. The van der Waals surface area contributed by atoms with Crippen molar-refractivity contribution in [2.24, 2.45) is 0 Å². The highest BCUT2D eigenvalue weighted by molar-refractivity contribution is 5.38. The molecule has 4 nitrogen and oxygen atoms in total. The lowest BCUT2D eigenvalue weighted by Gasteiger charge is -2.27. The van der Waals surface area contributed by atoms with Crippen LogP contribution in [0.4, 0.5) is 0 Å². The molecule has 1 heterocycles. The molecule has 1 unspecified atom stereocenters. The molecule has 110 valence electrons. The summed E-state index contributed by atoms with van der Waals surface area (Å²) in [6.45, 7) is 0.705. The van der Waals surface area contributed by atoms with Gasteiger partial charge in [-0.25, -0.2) is 4.98 Å². The van der Waals surface area contributed by atoms with Crippen LogP contribution in [0, 0.1) is 0 Å². The van der Waals surface area contributed by atoms with Gasteiger partial charge in [-0.05, 0) is 48.6 Å². The van der Waals surface area contributed by atoms with E-state index < -0.39 is 0 Å². The summed E-state index contributed by atoms with van der Waals surface area (Å²) >= 11 is 0. The van der Waals surface area contributed by atoms with Crippen LogP contribution in [0.1, 0.15) is 35.6 Å². The number of pyridine rings is 1. The average Bonchev–Trinajstić information content (AvgIpc) is 2.53. The van der Waals surface area contributed by atoms with E-state index >= 15 is 0 Å². The Kier molecular flexibility index (Phi) is 4.06. The van der Waals surface area contributed by atoms with Crippen molar-refractivity contribution in [3.05, 3.63) is 53.2 Å². The van der Waals surface area contributed by atoms with E-state index in [9.17, 15) is 5.11 Å². The minimum Gasteiger partial charge on any atom is -0.508 e. The Morgan fingerprint density at radius 3 is 3.14 bits per heavy atom. The molecule has 1 aromatic heterocycles. The zero-order valence-corrected chi connectivity index (χ0v) is 12.2. The van der Waals surface area contributed by atoms with Crippen molar-refractivity contribution in [2.45, 2.75) is 31.8 Å². The Morgan fingerprint density at radius 1 is 1.38 bits per heavy atom. The van der Waals surface area contributed by atoms with Crippen molar-refractivity contribution in [3.63, 3.8) is 0 Å². The summed E-state index contributed by atoms with van der Waals surface area (Å²) in [4.78, 5) is 4.22. The van der Waals surface area contributed by atoms with E-state index in [-0.39, 0.29) is 6.04 Å². The van der Waals surface area contributed by atoms with E-state index in [4.69, 9.17) is 4.74 Å². The molecule has 1 aliphatic carbocycles. The number of hydrogen-bond acceptors (Lipinski definition) is 4. The molecule has 0 bridgehead atoms. The van der Waals surface area contributed by atoms with Gasteiger partial charge in [-0.3, -0.25) is 0 Å². The van der Waals surface area contributed by atoms with Crippen molar-refractivity contribution < 1.29 is 9.84 Å². The van der Waals surface area contributed by atoms with Gasteiger partial charge < -0.3 is 15.2 Å². The number of benzene rings is 1. The van der Waals surface area contributed by atoms with Crippen LogP contribution in [-0.2, 0) is 13.0 Å². The molecule has 0 fully saturated rings. The fraction of sp³-hybridized carbons (Fsp3) is 0.353. The standard InChI is InChI=1S/C17H20N2O2/c1-21-17-13(5-3-9-18-17)11-19-16-6-2-4-12-7-8-14(20)10-15(12)16/h3,5,7-10,16,19-20H,2,4,6,11H2,1H3. The van der Waals surface area contributed by atoms with Crippen LogP contribution in [0.2, 0.25) is 0 Å². The molecule has 0 saturated heterocycles. The molecule has 1 atom stereocenters. The topological polar surface area (TPSA) is 54.4 Å². The fourth-order valence-electron chi connectivity index (χ4n) is 2.97. The molecule has 0 spiro atoms. The summed E-state index contributed by atoms with van der Waals surface area (Å²) in [6, 6.07) is 9.89. The number of aryl methyl sites for hydroxylation is 1. The Hall–Kier alpha value is -2.07. The number of aromatic hydroxyl groups is 1. The van der Waals surface area contributed by atoms with Crippen LogP contribution in [0.5, 0.6) is 11.6 Å². The maximum Gasteiger partial charge on any atom is 0.217 e. The Bertz CT molecular complexity index is 628. The number of ether oxygens (including phenoxy) is 1. The highest BCUT2D eigenvalue weighted by Gasteiger charge is 2.20. The fourth-order valence-corrected chi connectivity index (χ4v) is 2.97. The maximum absolute atomic E-state index is 9.72. The molecule has 2 N–H and O–H groups in total. The number of fused-ring (bicyclic) bond motifs is 1. The van der Waals surface area contributed by atoms with Crippen LogP contribution < -0.4 is 10.1 Å². The van der Waals surface area contributed by atoms with Crippen LogP contribution in [0.25, 0.3) is 0 Å². The number of hydrogen-bond donors (Lipinski definition) is 2. The lowest BCUT2D eigenvalue weighted by Crippen LogP contribution is -2.25. The van der Waals surface area contributed by atoms with Crippen LogP contribution >= 0.6 is 0 Å². The van der Waals surface area contributed by atoms with Gasteiger partial charge in [0.05, 0.1) is 7.11 Å². The quantitative estimate of drug-likeness (QED) is 0.906. The molecule has 4 heteroatoms. The first-order valence-corrected chi connectivity index (χ1v) is 7.31. The maximum atomic E-state index is 9.72. The predicted molar refractivity (Wildman–Crippen MR) is 81.4 cm³/mol. The first-order valence-electron chi connectivity index (χ1n) is 7.31. The molecule has 21 heavy (non-hydrogen) atoms. The largest absolute Gasteiger partial charge is 0.508 e. The van der Waals surface area contributed by atoms with Gasteiger partial charge in [-0.1, -0.05) is 12.1 Å². The van der Waals surface area contributed by atoms with E-state index in [1.807, 2.05) is 24.3 Å². The first-order chi connectivity index (χ1) is 10.3. The van der Waals surface area contributed by atoms with E-state index in [1.165, 1.54) is 17.5 Å². The minimum atomic E-state index is 0.269. The van der Waals surface area contributed by atoms with Crippen molar-refractivity contribution in [1.29, 1.82) is 0 Å². The number of rotatable bonds is 4. The van der Waals surface area contributed by atoms with Gasteiger partial charge in [-0.2, -0.15) is 0 Å². The highest BCUT2D eigenvalue weighted by atomic mass is 16.5. The second kappa shape index (κ2) is 6.14. The summed E-state index contributed by atoms with van der Waals surface area (Å²) in [6.07, 6.45) is 5.07. The van der Waals surface area contributed by atoms with Gasteiger partial charge in [0, 0.05) is 24.3 Å². The van der Waals surface area contributed by atoms with Gasteiger partial charge in [0.15, 0.2) is 0 Å². The van der Waals surface area contributed by atoms with Crippen molar-refractivity contribution >= 4 is 0 Å². The monoisotopic (exact) mass is 284 g/mol. The Labute approximate surface area is 124 Å². The molecule has 0 radical (unpaired) electrons. The van der Waals surface area contributed by atoms with E-state index in [0.29, 0.717) is 18.2 Å². The minimum absolute atomic E-state index is 0.269. The molecular weight excluding hydrogens is 264 g/mol. The number of nitrogens with zero attached hydrogens (tertiary/aromatic N) is 1. The van der Waals surface area contributed by atoms with E-state index in [0.717, 1.165) is 18.4 Å². The van der Waals surface area contributed by atoms with Gasteiger partial charge in [-0.15, -0.1) is 0 Å². The molecule has 3 rings (SSSR count). The average molecular weight is 284 g/mol. The van der Waals surface area contributed by atoms with Crippen LogP contribution in [0.15, 0.2) is 36.5 Å². The summed E-state index contributed by atoms with van der Waals surface area (Å²) < 4.78 is 5.28. The van der Waals surface area contributed by atoms with Crippen molar-refractivity contribution in [1.82, 2.24) is 10.3 Å². The lowest BCUT2D eigenvalue weighted by atomic mass is 9.87. The zero-order chi connectivity index (χ0) is 14.7. The number of phenolic OH excluding ortho intramolecular Hbond substituents is 1. The molecule has 2 aromatic rings. The number of phenols is 1. The van der Waals surface area contributed by atoms with Crippen LogP contribution in [-0.4, -0.2) is 17.2 Å². The second-order valence-electron chi connectivity index (χ2n) is 5.38. The molecule has 0 amide bonds. The van der Waals surface area contributed by atoms with E-state index in [2.05, 4.69) is 10.3 Å². The third-order valence-corrected chi connectivity index (χ3v) is 4.03. The molecule has 1 aliphatic rings. The smallest absolute Gasteiger partial charge is 0.217 e. The third kappa shape index (κ3) is 3.00. The second-order valence-corrected chi connectivity index (χ2v) is 5.38. The molecule has 0 saturated carbocycles. The normalized spacial score (nSPS) is 17.3. The van der Waals surface area contributed by atoms with Crippen molar-refractivity contribution in [2.75, 3.05) is 7.11 Å². The summed E-state index contributed by atoms with van der Waals surface area (Å²) in [7, 11) is 1.64. The van der Waals surface area contributed by atoms with E-state index in [1.54, 1.807) is 19.4 Å². The lowest BCUT2D eigenvalue weighted by molar-refractivity contribution is 0.385. The molecule has 1 aromatic carbocycles. The van der Waals surface area contributed by atoms with Gasteiger partial charge in [0.2, 0.25) is 5.88 Å². The summed E-state index contributed by atoms with van der Waals surface area (Å²) in [5.74, 6) is 0.998. The van der Waals surface area contributed by atoms with Gasteiger partial charge in [0.1, 0.15) is 5.75 Å². The van der Waals surface area contributed by atoms with Crippen LogP contribution in [0.3, 0.4) is 0 Å². The Balaban J connectivity index is 1.76.